The van der Waals surface area contributed by atoms with Crippen molar-refractivity contribution in [1.29, 1.82) is 0 Å². The minimum Gasteiger partial charge on any atom is -0.495 e. The SMILES string of the molecule is COc1cc(C(=O)NCC(C)(C)C(O)C(C)C)ccc1Cl. The molecule has 1 aromatic rings. The Hall–Kier alpha value is -1.26. The van der Waals surface area contributed by atoms with Crippen LogP contribution in [0, 0.1) is 11.3 Å². The molecule has 0 aliphatic heterocycles. The number of methoxy groups -OCH3 is 1. The summed E-state index contributed by atoms with van der Waals surface area (Å²) in [6.07, 6.45) is -0.488. The molecule has 0 spiro atoms. The predicted molar refractivity (Wildman–Crippen MR) is 85.0 cm³/mol. The molecule has 0 aliphatic carbocycles. The summed E-state index contributed by atoms with van der Waals surface area (Å²) in [6, 6.07) is 4.87. The largest absolute Gasteiger partial charge is 0.495 e. The number of carbonyl (C=O) groups is 1. The Morgan fingerprint density at radius 1 is 1.43 bits per heavy atom. The second kappa shape index (κ2) is 7.14. The van der Waals surface area contributed by atoms with E-state index < -0.39 is 11.5 Å². The van der Waals surface area contributed by atoms with E-state index in [2.05, 4.69) is 5.32 Å². The van der Waals surface area contributed by atoms with Crippen molar-refractivity contribution in [2.24, 2.45) is 11.3 Å². The maximum absolute atomic E-state index is 12.2. The number of nitrogens with one attached hydrogen (secondary N) is 1. The van der Waals surface area contributed by atoms with Gasteiger partial charge in [0.05, 0.1) is 18.2 Å². The average Bonchev–Trinajstić information content (AvgIpc) is 2.44. The van der Waals surface area contributed by atoms with Crippen LogP contribution in [-0.2, 0) is 0 Å². The van der Waals surface area contributed by atoms with Gasteiger partial charge >= 0.3 is 0 Å². The normalized spacial score (nSPS) is 13.1. The van der Waals surface area contributed by atoms with E-state index in [1.54, 1.807) is 18.2 Å². The van der Waals surface area contributed by atoms with Crippen molar-refractivity contribution < 1.29 is 14.6 Å². The predicted octanol–water partition coefficient (Wildman–Crippen LogP) is 3.12. The van der Waals surface area contributed by atoms with Gasteiger partial charge in [-0.05, 0) is 24.1 Å². The molecule has 1 aromatic carbocycles. The molecule has 4 nitrogen and oxygen atoms in total. The van der Waals surface area contributed by atoms with E-state index in [-0.39, 0.29) is 11.8 Å². The number of benzene rings is 1. The van der Waals surface area contributed by atoms with Gasteiger partial charge in [0.1, 0.15) is 5.75 Å². The number of aliphatic hydroxyl groups excluding tert-OH is 1. The van der Waals surface area contributed by atoms with Gasteiger partial charge in [-0.15, -0.1) is 0 Å². The standard InChI is InChI=1S/C16H24ClNO3/c1-10(2)14(19)16(3,4)9-18-15(20)11-6-7-12(17)13(8-11)21-5/h6-8,10,14,19H,9H2,1-5H3,(H,18,20). The van der Waals surface area contributed by atoms with Gasteiger partial charge < -0.3 is 15.2 Å². The van der Waals surface area contributed by atoms with Crippen molar-refractivity contribution in [2.45, 2.75) is 33.8 Å². The number of amides is 1. The van der Waals surface area contributed by atoms with E-state index in [4.69, 9.17) is 16.3 Å². The molecule has 0 saturated heterocycles. The van der Waals surface area contributed by atoms with Crippen molar-refractivity contribution >= 4 is 17.5 Å². The molecule has 1 unspecified atom stereocenters. The van der Waals surface area contributed by atoms with Gasteiger partial charge in [0.25, 0.3) is 5.91 Å². The van der Waals surface area contributed by atoms with E-state index in [1.807, 2.05) is 27.7 Å². The van der Waals surface area contributed by atoms with E-state index in [0.717, 1.165) is 0 Å². The van der Waals surface area contributed by atoms with Gasteiger partial charge in [-0.25, -0.2) is 0 Å². The summed E-state index contributed by atoms with van der Waals surface area (Å²) >= 11 is 5.94. The fraction of sp³-hybridized carbons (Fsp3) is 0.562. The monoisotopic (exact) mass is 313 g/mol. The van der Waals surface area contributed by atoms with E-state index in [9.17, 15) is 9.90 Å². The smallest absolute Gasteiger partial charge is 0.251 e. The van der Waals surface area contributed by atoms with Crippen LogP contribution in [0.4, 0.5) is 0 Å². The Balaban J connectivity index is 2.74. The molecule has 0 aromatic heterocycles. The van der Waals surface area contributed by atoms with Crippen molar-refractivity contribution in [3.63, 3.8) is 0 Å². The summed E-state index contributed by atoms with van der Waals surface area (Å²) < 4.78 is 5.10. The molecule has 1 rings (SSSR count). The van der Waals surface area contributed by atoms with Gasteiger partial charge in [-0.1, -0.05) is 39.3 Å². The van der Waals surface area contributed by atoms with Crippen LogP contribution in [0.2, 0.25) is 5.02 Å². The molecular formula is C16H24ClNO3. The van der Waals surface area contributed by atoms with E-state index in [1.165, 1.54) is 7.11 Å². The van der Waals surface area contributed by atoms with Crippen LogP contribution in [-0.4, -0.2) is 30.8 Å². The molecule has 2 N–H and O–H groups in total. The number of ether oxygens (including phenoxy) is 1. The number of hydrogen-bond donors (Lipinski definition) is 2. The zero-order valence-electron chi connectivity index (χ0n) is 13.2. The molecule has 5 heteroatoms. The summed E-state index contributed by atoms with van der Waals surface area (Å²) in [5.41, 5.74) is 0.0754. The molecule has 21 heavy (non-hydrogen) atoms. The lowest BCUT2D eigenvalue weighted by Crippen LogP contribution is -2.43. The molecule has 0 fully saturated rings. The van der Waals surface area contributed by atoms with Crippen molar-refractivity contribution in [3.05, 3.63) is 28.8 Å². The third kappa shape index (κ3) is 4.61. The zero-order chi connectivity index (χ0) is 16.2. The Bertz CT molecular complexity index is 500. The zero-order valence-corrected chi connectivity index (χ0v) is 14.0. The van der Waals surface area contributed by atoms with Crippen LogP contribution in [0.1, 0.15) is 38.1 Å². The van der Waals surface area contributed by atoms with Gasteiger partial charge in [0.15, 0.2) is 0 Å². The van der Waals surface area contributed by atoms with Crippen LogP contribution < -0.4 is 10.1 Å². The number of rotatable bonds is 6. The maximum atomic E-state index is 12.2. The maximum Gasteiger partial charge on any atom is 0.251 e. The molecular weight excluding hydrogens is 290 g/mol. The van der Waals surface area contributed by atoms with Crippen molar-refractivity contribution in [3.8, 4) is 5.75 Å². The lowest BCUT2D eigenvalue weighted by Gasteiger charge is -2.33. The van der Waals surface area contributed by atoms with Crippen molar-refractivity contribution in [2.75, 3.05) is 13.7 Å². The number of halogens is 1. The first kappa shape index (κ1) is 17.8. The Labute approximate surface area is 131 Å². The van der Waals surface area contributed by atoms with Crippen LogP contribution in [0.25, 0.3) is 0 Å². The van der Waals surface area contributed by atoms with Gasteiger partial charge in [0.2, 0.25) is 0 Å². The highest BCUT2D eigenvalue weighted by atomic mass is 35.5. The Kier molecular flexibility index (Phi) is 6.05. The van der Waals surface area contributed by atoms with Crippen LogP contribution in [0.3, 0.4) is 0 Å². The third-order valence-corrected chi connectivity index (χ3v) is 3.86. The lowest BCUT2D eigenvalue weighted by atomic mass is 9.80. The van der Waals surface area contributed by atoms with E-state index in [0.29, 0.717) is 22.9 Å². The molecule has 1 amide bonds. The van der Waals surface area contributed by atoms with Crippen LogP contribution in [0.5, 0.6) is 5.75 Å². The summed E-state index contributed by atoms with van der Waals surface area (Å²) in [5, 5.41) is 13.5. The highest BCUT2D eigenvalue weighted by molar-refractivity contribution is 6.32. The quantitative estimate of drug-likeness (QED) is 0.848. The van der Waals surface area contributed by atoms with E-state index >= 15 is 0 Å². The molecule has 1 atom stereocenters. The third-order valence-electron chi connectivity index (χ3n) is 3.55. The minimum atomic E-state index is -0.488. The minimum absolute atomic E-state index is 0.132. The first-order valence-corrected chi connectivity index (χ1v) is 7.36. The topological polar surface area (TPSA) is 58.6 Å². The summed E-state index contributed by atoms with van der Waals surface area (Å²) in [4.78, 5) is 12.2. The molecule has 0 saturated carbocycles. The summed E-state index contributed by atoms with van der Waals surface area (Å²) in [5.74, 6) is 0.382. The van der Waals surface area contributed by atoms with Gasteiger partial charge in [0, 0.05) is 17.5 Å². The molecule has 0 radical (unpaired) electrons. The van der Waals surface area contributed by atoms with Gasteiger partial charge in [-0.3, -0.25) is 4.79 Å². The molecule has 0 aliphatic rings. The number of aliphatic hydroxyl groups is 1. The Morgan fingerprint density at radius 2 is 2.05 bits per heavy atom. The van der Waals surface area contributed by atoms with Crippen molar-refractivity contribution in [1.82, 2.24) is 5.32 Å². The number of hydrogen-bond acceptors (Lipinski definition) is 3. The molecule has 0 heterocycles. The van der Waals surface area contributed by atoms with Crippen LogP contribution in [0.15, 0.2) is 18.2 Å². The highest BCUT2D eigenvalue weighted by Gasteiger charge is 2.30. The fourth-order valence-electron chi connectivity index (χ4n) is 2.22. The second-order valence-electron chi connectivity index (χ2n) is 6.21. The fourth-order valence-corrected chi connectivity index (χ4v) is 2.41. The highest BCUT2D eigenvalue weighted by Crippen LogP contribution is 2.26. The number of carbonyl (C=O) groups excluding carboxylic acids is 1. The van der Waals surface area contributed by atoms with Crippen LogP contribution >= 0.6 is 11.6 Å². The molecule has 0 bridgehead atoms. The first-order valence-electron chi connectivity index (χ1n) is 6.99. The van der Waals surface area contributed by atoms with Gasteiger partial charge in [-0.2, -0.15) is 0 Å². The lowest BCUT2D eigenvalue weighted by molar-refractivity contribution is 0.0138. The summed E-state index contributed by atoms with van der Waals surface area (Å²) in [7, 11) is 1.50. The second-order valence-corrected chi connectivity index (χ2v) is 6.62. The Morgan fingerprint density at radius 3 is 2.57 bits per heavy atom. The molecule has 118 valence electrons. The summed E-state index contributed by atoms with van der Waals surface area (Å²) in [6.45, 7) is 8.16. The average molecular weight is 314 g/mol. The first-order chi connectivity index (χ1) is 9.69.